The summed E-state index contributed by atoms with van der Waals surface area (Å²) in [6.45, 7) is 4.16. The minimum Gasteiger partial charge on any atom is -0.399 e. The number of hydrogen-bond donors (Lipinski definition) is 2. The molecular formula is C17H25N3O. The van der Waals surface area contributed by atoms with Gasteiger partial charge in [-0.25, -0.2) is 0 Å². The standard InChI is InChI=1S/C17H25N3O/c1-12(17(21)19-16-4-2-3-15(18)9-16)20(10-13-5-6-13)11-14-7-8-14/h2-4,9,12-14H,5-8,10-11,18H2,1H3,(H,19,21). The van der Waals surface area contributed by atoms with Gasteiger partial charge in [-0.1, -0.05) is 6.07 Å². The van der Waals surface area contributed by atoms with Crippen molar-refractivity contribution in [2.24, 2.45) is 11.8 Å². The normalized spacial score (nSPS) is 19.5. The maximum atomic E-state index is 12.5. The fourth-order valence-corrected chi connectivity index (χ4v) is 2.68. The molecule has 4 heteroatoms. The van der Waals surface area contributed by atoms with Gasteiger partial charge in [-0.05, 0) is 62.6 Å². The fraction of sp³-hybridized carbons (Fsp3) is 0.588. The lowest BCUT2D eigenvalue weighted by molar-refractivity contribution is -0.120. The van der Waals surface area contributed by atoms with Crippen LogP contribution in [-0.4, -0.2) is 29.9 Å². The molecular weight excluding hydrogens is 262 g/mol. The Balaban J connectivity index is 1.60. The van der Waals surface area contributed by atoms with Gasteiger partial charge < -0.3 is 11.1 Å². The van der Waals surface area contributed by atoms with E-state index < -0.39 is 0 Å². The van der Waals surface area contributed by atoms with E-state index in [1.54, 1.807) is 6.07 Å². The molecule has 3 rings (SSSR count). The van der Waals surface area contributed by atoms with Crippen LogP contribution in [0.2, 0.25) is 0 Å². The molecule has 1 unspecified atom stereocenters. The number of anilines is 2. The highest BCUT2D eigenvalue weighted by atomic mass is 16.2. The summed E-state index contributed by atoms with van der Waals surface area (Å²) in [5.41, 5.74) is 7.21. The van der Waals surface area contributed by atoms with Gasteiger partial charge in [-0.15, -0.1) is 0 Å². The fourth-order valence-electron chi connectivity index (χ4n) is 2.68. The minimum absolute atomic E-state index is 0.0712. The number of carbonyl (C=O) groups excluding carboxylic acids is 1. The van der Waals surface area contributed by atoms with Crippen LogP contribution in [0.4, 0.5) is 11.4 Å². The van der Waals surface area contributed by atoms with Crippen molar-refractivity contribution < 1.29 is 4.79 Å². The second kappa shape index (κ2) is 6.06. The molecule has 2 fully saturated rings. The lowest BCUT2D eigenvalue weighted by atomic mass is 10.2. The summed E-state index contributed by atoms with van der Waals surface area (Å²) in [5.74, 6) is 1.69. The topological polar surface area (TPSA) is 58.4 Å². The van der Waals surface area contributed by atoms with Crippen LogP contribution in [0.3, 0.4) is 0 Å². The molecule has 114 valence electrons. The van der Waals surface area contributed by atoms with Crippen LogP contribution in [0, 0.1) is 11.8 Å². The van der Waals surface area contributed by atoms with Gasteiger partial charge in [0.15, 0.2) is 0 Å². The van der Waals surface area contributed by atoms with E-state index in [0.29, 0.717) is 5.69 Å². The first-order valence-electron chi connectivity index (χ1n) is 8.02. The number of amides is 1. The van der Waals surface area contributed by atoms with Crippen LogP contribution in [-0.2, 0) is 4.79 Å². The van der Waals surface area contributed by atoms with Crippen molar-refractivity contribution in [3.63, 3.8) is 0 Å². The molecule has 2 aliphatic rings. The highest BCUT2D eigenvalue weighted by Crippen LogP contribution is 2.34. The first kappa shape index (κ1) is 14.4. The van der Waals surface area contributed by atoms with Crippen LogP contribution in [0.15, 0.2) is 24.3 Å². The third kappa shape index (κ3) is 4.21. The Hall–Kier alpha value is -1.55. The predicted octanol–water partition coefficient (Wildman–Crippen LogP) is 2.72. The van der Waals surface area contributed by atoms with E-state index in [2.05, 4.69) is 10.2 Å². The summed E-state index contributed by atoms with van der Waals surface area (Å²) >= 11 is 0. The van der Waals surface area contributed by atoms with E-state index in [4.69, 9.17) is 5.73 Å². The van der Waals surface area contributed by atoms with Crippen molar-refractivity contribution in [3.05, 3.63) is 24.3 Å². The van der Waals surface area contributed by atoms with Crippen LogP contribution in [0.5, 0.6) is 0 Å². The quantitative estimate of drug-likeness (QED) is 0.758. The maximum absolute atomic E-state index is 12.5. The summed E-state index contributed by atoms with van der Waals surface area (Å²) in [5, 5.41) is 2.99. The van der Waals surface area contributed by atoms with Gasteiger partial charge in [0.05, 0.1) is 6.04 Å². The van der Waals surface area contributed by atoms with Crippen molar-refractivity contribution in [1.29, 1.82) is 0 Å². The minimum atomic E-state index is -0.0763. The van der Waals surface area contributed by atoms with E-state index in [1.165, 1.54) is 25.7 Å². The van der Waals surface area contributed by atoms with E-state index >= 15 is 0 Å². The highest BCUT2D eigenvalue weighted by molar-refractivity contribution is 5.94. The number of nitrogens with two attached hydrogens (primary N) is 1. The van der Waals surface area contributed by atoms with Crippen LogP contribution < -0.4 is 11.1 Å². The molecule has 1 amide bonds. The average molecular weight is 287 g/mol. The molecule has 0 saturated heterocycles. The highest BCUT2D eigenvalue weighted by Gasteiger charge is 2.33. The number of nitrogens with one attached hydrogen (secondary N) is 1. The number of nitrogen functional groups attached to an aromatic ring is 1. The Morgan fingerprint density at radius 3 is 2.43 bits per heavy atom. The van der Waals surface area contributed by atoms with Crippen molar-refractivity contribution in [2.45, 2.75) is 38.6 Å². The SMILES string of the molecule is CC(C(=O)Nc1cccc(N)c1)N(CC1CC1)CC1CC1. The molecule has 0 bridgehead atoms. The van der Waals surface area contributed by atoms with Crippen LogP contribution >= 0.6 is 0 Å². The molecule has 0 heterocycles. The Kier molecular flexibility index (Phi) is 4.15. The number of benzene rings is 1. The Morgan fingerprint density at radius 1 is 1.29 bits per heavy atom. The third-order valence-corrected chi connectivity index (χ3v) is 4.46. The molecule has 1 aromatic rings. The molecule has 3 N–H and O–H groups in total. The first-order valence-corrected chi connectivity index (χ1v) is 8.02. The van der Waals surface area contributed by atoms with Gasteiger partial charge in [0.1, 0.15) is 0 Å². The van der Waals surface area contributed by atoms with E-state index in [1.807, 2.05) is 25.1 Å². The molecule has 2 aliphatic carbocycles. The molecule has 0 aliphatic heterocycles. The van der Waals surface area contributed by atoms with Gasteiger partial charge >= 0.3 is 0 Å². The predicted molar refractivity (Wildman–Crippen MR) is 86.0 cm³/mol. The van der Waals surface area contributed by atoms with Crippen LogP contribution in [0.1, 0.15) is 32.6 Å². The first-order chi connectivity index (χ1) is 10.1. The van der Waals surface area contributed by atoms with Crippen molar-refractivity contribution in [2.75, 3.05) is 24.1 Å². The summed E-state index contributed by atoms with van der Waals surface area (Å²) in [6.07, 6.45) is 5.30. The maximum Gasteiger partial charge on any atom is 0.241 e. The second-order valence-electron chi connectivity index (χ2n) is 6.63. The number of hydrogen-bond acceptors (Lipinski definition) is 3. The lowest BCUT2D eigenvalue weighted by Gasteiger charge is -2.28. The lowest BCUT2D eigenvalue weighted by Crippen LogP contribution is -2.44. The average Bonchev–Trinajstić information content (AvgIpc) is 3.32. The Morgan fingerprint density at radius 2 is 1.90 bits per heavy atom. The zero-order valence-electron chi connectivity index (χ0n) is 12.7. The van der Waals surface area contributed by atoms with Gasteiger partial charge in [-0.2, -0.15) is 0 Å². The Bertz CT molecular complexity index is 495. The van der Waals surface area contributed by atoms with Gasteiger partial charge in [-0.3, -0.25) is 9.69 Å². The summed E-state index contributed by atoms with van der Waals surface area (Å²) < 4.78 is 0. The van der Waals surface area contributed by atoms with Gasteiger partial charge in [0.2, 0.25) is 5.91 Å². The van der Waals surface area contributed by atoms with Crippen molar-refractivity contribution in [1.82, 2.24) is 4.90 Å². The molecule has 1 aromatic carbocycles. The molecule has 0 aromatic heterocycles. The zero-order valence-corrected chi connectivity index (χ0v) is 12.7. The second-order valence-corrected chi connectivity index (χ2v) is 6.63. The number of rotatable bonds is 7. The summed E-state index contributed by atoms with van der Waals surface area (Å²) in [7, 11) is 0. The zero-order chi connectivity index (χ0) is 14.8. The van der Waals surface area contributed by atoms with Gasteiger partial charge in [0.25, 0.3) is 0 Å². The molecule has 0 spiro atoms. The largest absolute Gasteiger partial charge is 0.399 e. The monoisotopic (exact) mass is 287 g/mol. The molecule has 4 nitrogen and oxygen atoms in total. The third-order valence-electron chi connectivity index (χ3n) is 4.46. The number of carbonyl (C=O) groups is 1. The van der Waals surface area contributed by atoms with Crippen LogP contribution in [0.25, 0.3) is 0 Å². The van der Waals surface area contributed by atoms with Crippen molar-refractivity contribution in [3.8, 4) is 0 Å². The Labute approximate surface area is 126 Å². The van der Waals surface area contributed by atoms with Crippen molar-refractivity contribution >= 4 is 17.3 Å². The van der Waals surface area contributed by atoms with E-state index in [0.717, 1.165) is 30.6 Å². The van der Waals surface area contributed by atoms with Gasteiger partial charge in [0, 0.05) is 24.5 Å². The number of nitrogens with zero attached hydrogens (tertiary/aromatic N) is 1. The van der Waals surface area contributed by atoms with E-state index in [9.17, 15) is 4.79 Å². The van der Waals surface area contributed by atoms with E-state index in [-0.39, 0.29) is 11.9 Å². The summed E-state index contributed by atoms with van der Waals surface area (Å²) in [6, 6.07) is 7.30. The molecule has 2 saturated carbocycles. The summed E-state index contributed by atoms with van der Waals surface area (Å²) in [4.78, 5) is 14.8. The molecule has 0 radical (unpaired) electrons. The molecule has 21 heavy (non-hydrogen) atoms. The molecule has 1 atom stereocenters. The smallest absolute Gasteiger partial charge is 0.241 e.